The number of amides is 2. The lowest BCUT2D eigenvalue weighted by Crippen LogP contribution is -2.35. The molecule has 1 aromatic carbocycles. The number of anilines is 1. The minimum absolute atomic E-state index is 0.0466. The average Bonchev–Trinajstić information content (AvgIpc) is 2.47. The van der Waals surface area contributed by atoms with Crippen LogP contribution in [0, 0.1) is 0 Å². The van der Waals surface area contributed by atoms with Gasteiger partial charge in [0.25, 0.3) is 0 Å². The van der Waals surface area contributed by atoms with Gasteiger partial charge in [0.2, 0.25) is 0 Å². The number of esters is 1. The Labute approximate surface area is 123 Å². The Morgan fingerprint density at radius 1 is 1.24 bits per heavy atom. The summed E-state index contributed by atoms with van der Waals surface area (Å²) in [7, 11) is 1.63. The zero-order valence-electron chi connectivity index (χ0n) is 12.0. The van der Waals surface area contributed by atoms with E-state index in [0.717, 1.165) is 25.7 Å². The molecule has 0 saturated heterocycles. The van der Waals surface area contributed by atoms with Crippen molar-refractivity contribution in [2.24, 2.45) is 5.73 Å². The van der Waals surface area contributed by atoms with E-state index in [-0.39, 0.29) is 12.2 Å². The van der Waals surface area contributed by atoms with Crippen LogP contribution in [0.4, 0.5) is 10.5 Å². The molecule has 1 aliphatic carbocycles. The van der Waals surface area contributed by atoms with E-state index < -0.39 is 12.0 Å². The molecule has 0 aliphatic heterocycles. The van der Waals surface area contributed by atoms with Crippen molar-refractivity contribution in [1.29, 1.82) is 0 Å². The maximum Gasteiger partial charge on any atom is 0.338 e. The number of hydrogen-bond acceptors (Lipinski definition) is 4. The SMILES string of the molecule is CO[C@@H]1CCCC[C@@H]1OC(=O)c1cccc(NC(N)=O)c1. The quantitative estimate of drug-likeness (QED) is 0.833. The topological polar surface area (TPSA) is 90.7 Å². The molecule has 21 heavy (non-hydrogen) atoms. The number of urea groups is 1. The first kappa shape index (κ1) is 15.3. The summed E-state index contributed by atoms with van der Waals surface area (Å²) < 4.78 is 10.9. The van der Waals surface area contributed by atoms with Gasteiger partial charge in [0.05, 0.1) is 11.7 Å². The fourth-order valence-electron chi connectivity index (χ4n) is 2.54. The molecule has 0 spiro atoms. The molecule has 0 radical (unpaired) electrons. The molecule has 6 nitrogen and oxygen atoms in total. The van der Waals surface area contributed by atoms with Gasteiger partial charge in [-0.3, -0.25) is 0 Å². The van der Waals surface area contributed by atoms with E-state index in [2.05, 4.69) is 5.32 Å². The van der Waals surface area contributed by atoms with E-state index in [1.807, 2.05) is 0 Å². The number of benzene rings is 1. The van der Waals surface area contributed by atoms with Crippen LogP contribution in [-0.2, 0) is 9.47 Å². The number of rotatable bonds is 4. The number of methoxy groups -OCH3 is 1. The fourth-order valence-corrected chi connectivity index (χ4v) is 2.54. The molecule has 0 heterocycles. The molecule has 0 bridgehead atoms. The molecule has 3 N–H and O–H groups in total. The largest absolute Gasteiger partial charge is 0.456 e. The summed E-state index contributed by atoms with van der Waals surface area (Å²) in [5.74, 6) is -0.419. The third kappa shape index (κ3) is 4.19. The third-order valence-corrected chi connectivity index (χ3v) is 3.57. The Bertz CT molecular complexity index is 518. The smallest absolute Gasteiger partial charge is 0.338 e. The van der Waals surface area contributed by atoms with Crippen molar-refractivity contribution >= 4 is 17.7 Å². The first-order valence-electron chi connectivity index (χ1n) is 7.00. The van der Waals surface area contributed by atoms with Crippen LogP contribution in [0.3, 0.4) is 0 Å². The van der Waals surface area contributed by atoms with Gasteiger partial charge in [-0.15, -0.1) is 0 Å². The third-order valence-electron chi connectivity index (χ3n) is 3.57. The van der Waals surface area contributed by atoms with Crippen LogP contribution in [0.1, 0.15) is 36.0 Å². The number of nitrogens with two attached hydrogens (primary N) is 1. The highest BCUT2D eigenvalue weighted by Gasteiger charge is 2.28. The fraction of sp³-hybridized carbons (Fsp3) is 0.467. The number of ether oxygens (including phenoxy) is 2. The van der Waals surface area contributed by atoms with Gasteiger partial charge in [0.15, 0.2) is 0 Å². The summed E-state index contributed by atoms with van der Waals surface area (Å²) in [6.07, 6.45) is 3.56. The van der Waals surface area contributed by atoms with E-state index in [1.165, 1.54) is 6.07 Å². The van der Waals surface area contributed by atoms with Gasteiger partial charge in [0, 0.05) is 12.8 Å². The maximum atomic E-state index is 12.2. The Morgan fingerprint density at radius 2 is 1.95 bits per heavy atom. The van der Waals surface area contributed by atoms with Crippen LogP contribution < -0.4 is 11.1 Å². The average molecular weight is 292 g/mol. The summed E-state index contributed by atoms with van der Waals surface area (Å²) in [5.41, 5.74) is 5.89. The molecule has 1 fully saturated rings. The molecule has 1 aromatic rings. The van der Waals surface area contributed by atoms with Crippen molar-refractivity contribution < 1.29 is 19.1 Å². The number of nitrogens with one attached hydrogen (secondary N) is 1. The van der Waals surface area contributed by atoms with E-state index in [4.69, 9.17) is 15.2 Å². The molecule has 0 unspecified atom stereocenters. The lowest BCUT2D eigenvalue weighted by atomic mass is 9.94. The number of carbonyl (C=O) groups excluding carboxylic acids is 2. The second-order valence-electron chi connectivity index (χ2n) is 5.07. The monoisotopic (exact) mass is 292 g/mol. The number of hydrogen-bond donors (Lipinski definition) is 2. The summed E-state index contributed by atoms with van der Waals surface area (Å²) in [5, 5.41) is 2.43. The van der Waals surface area contributed by atoms with Gasteiger partial charge in [-0.2, -0.15) is 0 Å². The van der Waals surface area contributed by atoms with Gasteiger partial charge < -0.3 is 20.5 Å². The Balaban J connectivity index is 2.03. The molecule has 2 rings (SSSR count). The van der Waals surface area contributed by atoms with Gasteiger partial charge in [-0.1, -0.05) is 12.5 Å². The minimum Gasteiger partial charge on any atom is -0.456 e. The van der Waals surface area contributed by atoms with Crippen LogP contribution in [0.2, 0.25) is 0 Å². The Morgan fingerprint density at radius 3 is 2.62 bits per heavy atom. The standard InChI is InChI=1S/C15H20N2O4/c1-20-12-7-2-3-8-13(12)21-14(18)10-5-4-6-11(9-10)17-15(16)19/h4-6,9,12-13H,2-3,7-8H2,1H3,(H3,16,17,19)/t12-,13+/m1/s1. The maximum absolute atomic E-state index is 12.2. The molecule has 6 heteroatoms. The van der Waals surface area contributed by atoms with Crippen LogP contribution in [-0.4, -0.2) is 31.3 Å². The molecule has 1 aliphatic rings. The van der Waals surface area contributed by atoms with Gasteiger partial charge in [-0.25, -0.2) is 9.59 Å². The molecule has 2 amide bonds. The zero-order valence-corrected chi connectivity index (χ0v) is 12.0. The zero-order chi connectivity index (χ0) is 15.2. The molecular weight excluding hydrogens is 272 g/mol. The highest BCUT2D eigenvalue weighted by atomic mass is 16.6. The summed E-state index contributed by atoms with van der Waals surface area (Å²) in [4.78, 5) is 23.0. The highest BCUT2D eigenvalue weighted by molar-refractivity contribution is 5.93. The second-order valence-corrected chi connectivity index (χ2v) is 5.07. The summed E-state index contributed by atoms with van der Waals surface area (Å²) >= 11 is 0. The molecule has 2 atom stereocenters. The predicted octanol–water partition coefficient (Wildman–Crippen LogP) is 2.29. The van der Waals surface area contributed by atoms with Crippen LogP contribution in [0.5, 0.6) is 0 Å². The lowest BCUT2D eigenvalue weighted by Gasteiger charge is -2.29. The van der Waals surface area contributed by atoms with E-state index >= 15 is 0 Å². The van der Waals surface area contributed by atoms with Crippen molar-refractivity contribution in [2.75, 3.05) is 12.4 Å². The van der Waals surface area contributed by atoms with Crippen LogP contribution in [0.15, 0.2) is 24.3 Å². The van der Waals surface area contributed by atoms with Gasteiger partial charge >= 0.3 is 12.0 Å². The van der Waals surface area contributed by atoms with E-state index in [1.54, 1.807) is 25.3 Å². The first-order chi connectivity index (χ1) is 10.1. The summed E-state index contributed by atoms with van der Waals surface area (Å²) in [6.45, 7) is 0. The lowest BCUT2D eigenvalue weighted by molar-refractivity contribution is -0.0539. The van der Waals surface area contributed by atoms with Crippen LogP contribution >= 0.6 is 0 Å². The van der Waals surface area contributed by atoms with Crippen LogP contribution in [0.25, 0.3) is 0 Å². The Hall–Kier alpha value is -2.08. The van der Waals surface area contributed by atoms with Crippen molar-refractivity contribution in [2.45, 2.75) is 37.9 Å². The Kier molecular flexibility index (Phi) is 5.16. The van der Waals surface area contributed by atoms with E-state index in [0.29, 0.717) is 11.3 Å². The first-order valence-corrected chi connectivity index (χ1v) is 7.00. The van der Waals surface area contributed by atoms with Gasteiger partial charge in [0.1, 0.15) is 6.10 Å². The van der Waals surface area contributed by atoms with E-state index in [9.17, 15) is 9.59 Å². The molecular formula is C15H20N2O4. The summed E-state index contributed by atoms with van der Waals surface area (Å²) in [6, 6.07) is 5.82. The normalized spacial score (nSPS) is 21.6. The van der Waals surface area contributed by atoms with Crippen molar-refractivity contribution in [3.8, 4) is 0 Å². The molecule has 0 aromatic heterocycles. The highest BCUT2D eigenvalue weighted by Crippen LogP contribution is 2.24. The van der Waals surface area contributed by atoms with Crippen molar-refractivity contribution in [1.82, 2.24) is 0 Å². The predicted molar refractivity (Wildman–Crippen MR) is 78.1 cm³/mol. The minimum atomic E-state index is -0.674. The van der Waals surface area contributed by atoms with Crippen molar-refractivity contribution in [3.05, 3.63) is 29.8 Å². The number of primary amides is 1. The second kappa shape index (κ2) is 7.08. The molecule has 114 valence electrons. The molecule has 1 saturated carbocycles. The van der Waals surface area contributed by atoms with Crippen molar-refractivity contribution in [3.63, 3.8) is 0 Å². The van der Waals surface area contributed by atoms with Gasteiger partial charge in [-0.05, 0) is 37.5 Å². The number of carbonyl (C=O) groups is 2.